The van der Waals surface area contributed by atoms with Gasteiger partial charge in [-0.25, -0.2) is 9.98 Å². The number of halogens is 1. The fourth-order valence-electron chi connectivity index (χ4n) is 1.56. The molecule has 0 aliphatic rings. The van der Waals surface area contributed by atoms with E-state index in [0.717, 1.165) is 12.0 Å². The summed E-state index contributed by atoms with van der Waals surface area (Å²) < 4.78 is 10.4. The van der Waals surface area contributed by atoms with Gasteiger partial charge in [0.2, 0.25) is 5.88 Å². The number of aliphatic imine (C=N–C) groups is 1. The minimum absolute atomic E-state index is 0. The van der Waals surface area contributed by atoms with Crippen molar-refractivity contribution in [1.82, 2.24) is 10.3 Å². The summed E-state index contributed by atoms with van der Waals surface area (Å²) in [6.07, 6.45) is 2.72. The van der Waals surface area contributed by atoms with E-state index in [2.05, 4.69) is 22.2 Å². The predicted octanol–water partition coefficient (Wildman–Crippen LogP) is 1.93. The van der Waals surface area contributed by atoms with Gasteiger partial charge in [0.15, 0.2) is 5.96 Å². The van der Waals surface area contributed by atoms with Crippen molar-refractivity contribution < 1.29 is 9.47 Å². The summed E-state index contributed by atoms with van der Waals surface area (Å²) in [6, 6.07) is 3.91. The lowest BCUT2D eigenvalue weighted by Crippen LogP contribution is -2.40. The molecule has 1 unspecified atom stereocenters. The van der Waals surface area contributed by atoms with E-state index in [1.54, 1.807) is 13.3 Å². The summed E-state index contributed by atoms with van der Waals surface area (Å²) >= 11 is 0. The molecule has 21 heavy (non-hydrogen) atoms. The van der Waals surface area contributed by atoms with E-state index >= 15 is 0 Å². The van der Waals surface area contributed by atoms with E-state index in [-0.39, 0.29) is 30.0 Å². The number of guanidine groups is 1. The van der Waals surface area contributed by atoms with Crippen LogP contribution in [-0.2, 0) is 11.3 Å². The van der Waals surface area contributed by atoms with Crippen LogP contribution in [0.15, 0.2) is 23.3 Å². The third-order valence-corrected chi connectivity index (χ3v) is 2.49. The van der Waals surface area contributed by atoms with Crippen molar-refractivity contribution in [2.24, 2.45) is 10.7 Å². The van der Waals surface area contributed by atoms with Crippen LogP contribution in [0.4, 0.5) is 0 Å². The van der Waals surface area contributed by atoms with Crippen LogP contribution < -0.4 is 15.8 Å². The Balaban J connectivity index is 0.00000400. The molecule has 1 aromatic heterocycles. The Bertz CT molecular complexity index is 412. The smallest absolute Gasteiger partial charge is 0.213 e. The first kappa shape index (κ1) is 19.9. The second-order valence-electron chi connectivity index (χ2n) is 4.56. The maximum absolute atomic E-state index is 5.79. The van der Waals surface area contributed by atoms with Crippen molar-refractivity contribution in [3.05, 3.63) is 23.9 Å². The molecule has 0 saturated heterocycles. The molecule has 0 radical (unpaired) electrons. The summed E-state index contributed by atoms with van der Waals surface area (Å²) in [6.45, 7) is 5.79. The van der Waals surface area contributed by atoms with E-state index in [1.165, 1.54) is 0 Å². The average molecular weight is 408 g/mol. The molecule has 0 saturated carbocycles. The van der Waals surface area contributed by atoms with Crippen LogP contribution in [0.25, 0.3) is 0 Å². The molecule has 0 aromatic carbocycles. The Kier molecular flexibility index (Phi) is 11.0. The van der Waals surface area contributed by atoms with Crippen LogP contribution in [0.2, 0.25) is 0 Å². The first-order chi connectivity index (χ1) is 9.65. The highest BCUT2D eigenvalue weighted by Gasteiger charge is 2.01. The fraction of sp³-hybridized carbons (Fsp3) is 0.571. The Hall–Kier alpha value is -1.09. The summed E-state index contributed by atoms with van der Waals surface area (Å²) in [4.78, 5) is 8.47. The van der Waals surface area contributed by atoms with Crippen molar-refractivity contribution in [2.45, 2.75) is 32.9 Å². The van der Waals surface area contributed by atoms with E-state index in [1.807, 2.05) is 19.1 Å². The molecule has 3 N–H and O–H groups in total. The van der Waals surface area contributed by atoms with Gasteiger partial charge in [0.1, 0.15) is 0 Å². The molecule has 0 aliphatic carbocycles. The lowest BCUT2D eigenvalue weighted by Gasteiger charge is -2.13. The maximum atomic E-state index is 5.79. The zero-order valence-electron chi connectivity index (χ0n) is 12.8. The molecule has 1 rings (SSSR count). The molecule has 0 spiro atoms. The second kappa shape index (κ2) is 11.6. The maximum Gasteiger partial charge on any atom is 0.213 e. The number of nitrogens with one attached hydrogen (secondary N) is 1. The van der Waals surface area contributed by atoms with Gasteiger partial charge < -0.3 is 20.5 Å². The van der Waals surface area contributed by atoms with Crippen molar-refractivity contribution in [3.8, 4) is 5.88 Å². The Morgan fingerprint density at radius 2 is 2.24 bits per heavy atom. The quantitative estimate of drug-likeness (QED) is 0.390. The van der Waals surface area contributed by atoms with Gasteiger partial charge in [-0.05, 0) is 18.9 Å². The van der Waals surface area contributed by atoms with E-state index < -0.39 is 0 Å². The molecule has 1 atom stereocenters. The van der Waals surface area contributed by atoms with Crippen LogP contribution in [0, 0.1) is 0 Å². The van der Waals surface area contributed by atoms with Gasteiger partial charge in [0.05, 0.1) is 19.8 Å². The third-order valence-electron chi connectivity index (χ3n) is 2.49. The topological polar surface area (TPSA) is 81.8 Å². The number of hydrogen-bond acceptors (Lipinski definition) is 4. The van der Waals surface area contributed by atoms with Crippen LogP contribution in [0.3, 0.4) is 0 Å². The van der Waals surface area contributed by atoms with Crippen molar-refractivity contribution in [3.63, 3.8) is 0 Å². The van der Waals surface area contributed by atoms with Crippen molar-refractivity contribution >= 4 is 29.9 Å². The normalized spacial score (nSPS) is 12.4. The summed E-state index contributed by atoms with van der Waals surface area (Å²) in [5.74, 6) is 1.04. The van der Waals surface area contributed by atoms with Gasteiger partial charge in [-0.1, -0.05) is 13.0 Å². The zero-order valence-corrected chi connectivity index (χ0v) is 15.2. The highest BCUT2D eigenvalue weighted by atomic mass is 127. The molecule has 1 heterocycles. The molecule has 0 aliphatic heterocycles. The van der Waals surface area contributed by atoms with Crippen LogP contribution in [-0.4, -0.2) is 37.3 Å². The molecule has 0 fully saturated rings. The Morgan fingerprint density at radius 3 is 2.81 bits per heavy atom. The standard InChI is InChI=1S/C14H24N4O2.HI/c1-4-7-20-13-6-5-12(8-16-13)9-17-14(15)18-11(2)10-19-3;/h5-6,8,11H,4,7,9-10H2,1-3H3,(H3,15,17,18);1H. The first-order valence-electron chi connectivity index (χ1n) is 6.78. The average Bonchev–Trinajstić information content (AvgIpc) is 2.44. The zero-order chi connectivity index (χ0) is 14.8. The van der Waals surface area contributed by atoms with Gasteiger partial charge in [-0.3, -0.25) is 0 Å². The Labute approximate surface area is 143 Å². The molecule has 0 bridgehead atoms. The van der Waals surface area contributed by atoms with E-state index in [0.29, 0.717) is 31.6 Å². The molecular formula is C14H25IN4O2. The number of hydrogen-bond donors (Lipinski definition) is 2. The fourth-order valence-corrected chi connectivity index (χ4v) is 1.56. The van der Waals surface area contributed by atoms with Gasteiger partial charge in [-0.2, -0.15) is 0 Å². The van der Waals surface area contributed by atoms with Crippen LogP contribution in [0.5, 0.6) is 5.88 Å². The van der Waals surface area contributed by atoms with Gasteiger partial charge in [0.25, 0.3) is 0 Å². The number of rotatable bonds is 8. The molecular weight excluding hydrogens is 383 g/mol. The number of nitrogens with zero attached hydrogens (tertiary/aromatic N) is 2. The molecule has 1 aromatic rings. The predicted molar refractivity (Wildman–Crippen MR) is 95.2 cm³/mol. The van der Waals surface area contributed by atoms with E-state index in [4.69, 9.17) is 15.2 Å². The highest BCUT2D eigenvalue weighted by molar-refractivity contribution is 14.0. The number of aromatic nitrogens is 1. The highest BCUT2D eigenvalue weighted by Crippen LogP contribution is 2.08. The minimum Gasteiger partial charge on any atom is -0.478 e. The molecule has 6 nitrogen and oxygen atoms in total. The second-order valence-corrected chi connectivity index (χ2v) is 4.56. The third kappa shape index (κ3) is 8.71. The molecule has 0 amide bonds. The monoisotopic (exact) mass is 408 g/mol. The molecule has 7 heteroatoms. The lowest BCUT2D eigenvalue weighted by molar-refractivity contribution is 0.179. The Morgan fingerprint density at radius 1 is 1.48 bits per heavy atom. The first-order valence-corrected chi connectivity index (χ1v) is 6.78. The van der Waals surface area contributed by atoms with Crippen molar-refractivity contribution in [2.75, 3.05) is 20.3 Å². The number of nitrogens with two attached hydrogens (primary N) is 1. The summed E-state index contributed by atoms with van der Waals surface area (Å²) in [5.41, 5.74) is 6.77. The lowest BCUT2D eigenvalue weighted by atomic mass is 10.3. The van der Waals surface area contributed by atoms with E-state index in [9.17, 15) is 0 Å². The van der Waals surface area contributed by atoms with Crippen LogP contribution in [0.1, 0.15) is 25.8 Å². The SMILES string of the molecule is CCCOc1ccc(CN=C(N)NC(C)COC)cn1.I. The van der Waals surface area contributed by atoms with Crippen LogP contribution >= 0.6 is 24.0 Å². The van der Waals surface area contributed by atoms with Gasteiger partial charge >= 0.3 is 0 Å². The number of methoxy groups -OCH3 is 1. The van der Waals surface area contributed by atoms with Crippen molar-refractivity contribution in [1.29, 1.82) is 0 Å². The number of ether oxygens (including phenoxy) is 2. The summed E-state index contributed by atoms with van der Waals surface area (Å²) in [5, 5.41) is 3.05. The summed E-state index contributed by atoms with van der Waals surface area (Å²) in [7, 11) is 1.65. The minimum atomic E-state index is 0. The van der Waals surface area contributed by atoms with Gasteiger partial charge in [-0.15, -0.1) is 24.0 Å². The van der Waals surface area contributed by atoms with Gasteiger partial charge in [0, 0.05) is 25.4 Å². The largest absolute Gasteiger partial charge is 0.478 e. The molecule has 120 valence electrons. The number of pyridine rings is 1.